The minimum atomic E-state index is 0.739. The van der Waals surface area contributed by atoms with Gasteiger partial charge in [-0.2, -0.15) is 0 Å². The van der Waals surface area contributed by atoms with Crippen molar-refractivity contribution in [3.8, 4) is 0 Å². The number of fused-ring (bicyclic) bond motifs is 1. The summed E-state index contributed by atoms with van der Waals surface area (Å²) < 4.78 is 0. The second-order valence-electron chi connectivity index (χ2n) is 5.42. The Balaban J connectivity index is 2.03. The Morgan fingerprint density at radius 1 is 1.06 bits per heavy atom. The normalized spacial score (nSPS) is 23.6. The Bertz CT molecular complexity index is 527. The Kier molecular flexibility index (Phi) is 3.33. The second kappa shape index (κ2) is 5.11. The van der Waals surface area contributed by atoms with E-state index in [-0.39, 0.29) is 0 Å². The molecule has 2 aromatic carbocycles. The molecule has 18 heavy (non-hydrogen) atoms. The predicted molar refractivity (Wildman–Crippen MR) is 78.0 cm³/mol. The van der Waals surface area contributed by atoms with Crippen molar-refractivity contribution < 1.29 is 0 Å². The van der Waals surface area contributed by atoms with Crippen molar-refractivity contribution in [2.24, 2.45) is 5.92 Å². The van der Waals surface area contributed by atoms with E-state index in [2.05, 4.69) is 54.8 Å². The molecular formula is C17H21N. The topological polar surface area (TPSA) is 12.0 Å². The zero-order chi connectivity index (χ0) is 12.4. The number of hydrogen-bond donors (Lipinski definition) is 1. The molecule has 0 heterocycles. The Morgan fingerprint density at radius 3 is 2.78 bits per heavy atom. The molecule has 3 rings (SSSR count). The summed E-state index contributed by atoms with van der Waals surface area (Å²) in [4.78, 5) is 0. The van der Waals surface area contributed by atoms with Gasteiger partial charge in [0.25, 0.3) is 0 Å². The standard InChI is InChI=1S/C17H21N/c1-18-12-14-8-5-10-16(14)17-11-4-7-13-6-2-3-9-15(13)17/h2-4,6-7,9,11,14,16,18H,5,8,10,12H2,1H3. The maximum atomic E-state index is 3.36. The summed E-state index contributed by atoms with van der Waals surface area (Å²) in [5.41, 5.74) is 1.56. The van der Waals surface area contributed by atoms with Crippen molar-refractivity contribution in [2.75, 3.05) is 13.6 Å². The highest BCUT2D eigenvalue weighted by Crippen LogP contribution is 2.41. The van der Waals surface area contributed by atoms with Crippen LogP contribution in [-0.4, -0.2) is 13.6 Å². The molecule has 0 aromatic heterocycles. The molecule has 0 aliphatic heterocycles. The second-order valence-corrected chi connectivity index (χ2v) is 5.42. The third kappa shape index (κ3) is 2.04. The smallest absolute Gasteiger partial charge is 0.00177 e. The third-order valence-electron chi connectivity index (χ3n) is 4.35. The first-order chi connectivity index (χ1) is 8.90. The van der Waals surface area contributed by atoms with Gasteiger partial charge in [-0.05, 0) is 54.6 Å². The van der Waals surface area contributed by atoms with E-state index >= 15 is 0 Å². The summed E-state index contributed by atoms with van der Waals surface area (Å²) in [7, 11) is 2.07. The van der Waals surface area contributed by atoms with Crippen molar-refractivity contribution in [1.29, 1.82) is 0 Å². The highest BCUT2D eigenvalue weighted by atomic mass is 14.8. The quantitative estimate of drug-likeness (QED) is 0.855. The fraction of sp³-hybridized carbons (Fsp3) is 0.412. The molecule has 0 saturated heterocycles. The molecular weight excluding hydrogens is 218 g/mol. The molecule has 2 unspecified atom stereocenters. The Labute approximate surface area is 109 Å². The van der Waals surface area contributed by atoms with Gasteiger partial charge in [-0.3, -0.25) is 0 Å². The Morgan fingerprint density at radius 2 is 1.89 bits per heavy atom. The number of benzene rings is 2. The zero-order valence-electron chi connectivity index (χ0n) is 11.0. The molecule has 1 N–H and O–H groups in total. The molecule has 1 nitrogen and oxygen atoms in total. The molecule has 0 radical (unpaired) electrons. The maximum absolute atomic E-state index is 3.36. The Hall–Kier alpha value is -1.34. The first-order valence-electron chi connectivity index (χ1n) is 7.02. The van der Waals surface area contributed by atoms with Gasteiger partial charge in [0.05, 0.1) is 0 Å². The highest BCUT2D eigenvalue weighted by Gasteiger charge is 2.28. The van der Waals surface area contributed by atoms with Gasteiger partial charge in [-0.1, -0.05) is 48.9 Å². The summed E-state index contributed by atoms with van der Waals surface area (Å²) in [5.74, 6) is 1.55. The lowest BCUT2D eigenvalue weighted by Crippen LogP contribution is -2.21. The summed E-state index contributed by atoms with van der Waals surface area (Å²) in [6.45, 7) is 1.15. The van der Waals surface area contributed by atoms with E-state index in [1.807, 2.05) is 0 Å². The minimum Gasteiger partial charge on any atom is -0.319 e. The van der Waals surface area contributed by atoms with Crippen LogP contribution in [0.3, 0.4) is 0 Å². The van der Waals surface area contributed by atoms with Crippen LogP contribution in [0.4, 0.5) is 0 Å². The number of nitrogens with one attached hydrogen (secondary N) is 1. The highest BCUT2D eigenvalue weighted by molar-refractivity contribution is 5.86. The lowest BCUT2D eigenvalue weighted by molar-refractivity contribution is 0.464. The molecule has 94 valence electrons. The molecule has 1 aliphatic carbocycles. The van der Waals surface area contributed by atoms with Crippen LogP contribution in [0.25, 0.3) is 10.8 Å². The third-order valence-corrected chi connectivity index (χ3v) is 4.35. The van der Waals surface area contributed by atoms with Crippen LogP contribution in [-0.2, 0) is 0 Å². The van der Waals surface area contributed by atoms with Gasteiger partial charge in [0.15, 0.2) is 0 Å². The average Bonchev–Trinajstić information content (AvgIpc) is 2.87. The van der Waals surface area contributed by atoms with Gasteiger partial charge in [-0.25, -0.2) is 0 Å². The summed E-state index contributed by atoms with van der Waals surface area (Å²) in [6.07, 6.45) is 4.09. The summed E-state index contributed by atoms with van der Waals surface area (Å²) in [5, 5.41) is 6.19. The van der Waals surface area contributed by atoms with Crippen molar-refractivity contribution in [2.45, 2.75) is 25.2 Å². The first-order valence-corrected chi connectivity index (χ1v) is 7.02. The van der Waals surface area contributed by atoms with Crippen molar-refractivity contribution >= 4 is 10.8 Å². The van der Waals surface area contributed by atoms with E-state index in [1.165, 1.54) is 30.0 Å². The van der Waals surface area contributed by atoms with Crippen molar-refractivity contribution in [3.05, 3.63) is 48.0 Å². The average molecular weight is 239 g/mol. The van der Waals surface area contributed by atoms with Crippen molar-refractivity contribution in [3.63, 3.8) is 0 Å². The van der Waals surface area contributed by atoms with Crippen LogP contribution in [0.2, 0.25) is 0 Å². The molecule has 1 fully saturated rings. The van der Waals surface area contributed by atoms with Gasteiger partial charge in [0.2, 0.25) is 0 Å². The van der Waals surface area contributed by atoms with Crippen LogP contribution < -0.4 is 5.32 Å². The molecule has 2 atom stereocenters. The number of rotatable bonds is 3. The lowest BCUT2D eigenvalue weighted by atomic mass is 9.86. The molecule has 1 aliphatic rings. The van der Waals surface area contributed by atoms with Crippen LogP contribution in [0.15, 0.2) is 42.5 Å². The van der Waals surface area contributed by atoms with E-state index in [1.54, 1.807) is 5.56 Å². The molecule has 2 aromatic rings. The maximum Gasteiger partial charge on any atom is -0.00177 e. The molecule has 0 amide bonds. The van der Waals surface area contributed by atoms with E-state index < -0.39 is 0 Å². The van der Waals surface area contributed by atoms with E-state index in [4.69, 9.17) is 0 Å². The first kappa shape index (κ1) is 11.7. The van der Waals surface area contributed by atoms with Crippen LogP contribution in [0.1, 0.15) is 30.7 Å². The SMILES string of the molecule is CNCC1CCCC1c1cccc2ccccc12. The monoisotopic (exact) mass is 239 g/mol. The minimum absolute atomic E-state index is 0.739. The van der Waals surface area contributed by atoms with E-state index in [0.717, 1.165) is 18.4 Å². The molecule has 0 spiro atoms. The van der Waals surface area contributed by atoms with Gasteiger partial charge in [-0.15, -0.1) is 0 Å². The predicted octanol–water partition coefficient (Wildman–Crippen LogP) is 3.94. The largest absolute Gasteiger partial charge is 0.319 e. The summed E-state index contributed by atoms with van der Waals surface area (Å²) in [6, 6.07) is 15.6. The summed E-state index contributed by atoms with van der Waals surface area (Å²) >= 11 is 0. The molecule has 1 heteroatoms. The lowest BCUT2D eigenvalue weighted by Gasteiger charge is -2.21. The van der Waals surface area contributed by atoms with Gasteiger partial charge in [0, 0.05) is 0 Å². The van der Waals surface area contributed by atoms with Crippen LogP contribution in [0, 0.1) is 5.92 Å². The molecule has 0 bridgehead atoms. The van der Waals surface area contributed by atoms with E-state index in [0.29, 0.717) is 0 Å². The fourth-order valence-corrected chi connectivity index (χ4v) is 3.53. The van der Waals surface area contributed by atoms with Gasteiger partial charge < -0.3 is 5.32 Å². The van der Waals surface area contributed by atoms with Crippen LogP contribution in [0.5, 0.6) is 0 Å². The van der Waals surface area contributed by atoms with Crippen molar-refractivity contribution in [1.82, 2.24) is 5.32 Å². The van der Waals surface area contributed by atoms with Crippen LogP contribution >= 0.6 is 0 Å². The number of hydrogen-bond acceptors (Lipinski definition) is 1. The van der Waals surface area contributed by atoms with Gasteiger partial charge in [0.1, 0.15) is 0 Å². The molecule has 1 saturated carbocycles. The zero-order valence-corrected chi connectivity index (χ0v) is 11.0. The fourth-order valence-electron chi connectivity index (χ4n) is 3.53. The van der Waals surface area contributed by atoms with Gasteiger partial charge >= 0.3 is 0 Å². The van der Waals surface area contributed by atoms with E-state index in [9.17, 15) is 0 Å².